The number of methoxy groups -OCH3 is 1. The second kappa shape index (κ2) is 15.6. The van der Waals surface area contributed by atoms with E-state index in [1.54, 1.807) is 19.2 Å². The molecule has 3 aromatic rings. The Bertz CT molecular complexity index is 1230. The lowest BCUT2D eigenvalue weighted by Crippen LogP contribution is -2.58. The van der Waals surface area contributed by atoms with E-state index in [2.05, 4.69) is 5.32 Å². The molecule has 9 nitrogen and oxygen atoms in total. The topological polar surface area (TPSA) is 124 Å². The van der Waals surface area contributed by atoms with Crippen molar-refractivity contribution >= 4 is 23.6 Å². The standard InChI is InChI=1S/C31H35NO8S/c1-37-23-14-12-22(13-15-23)19-39-30-25(40-31(29(36)28(30)35)41-24-10-6-3-7-11-24)20-38-27(34)17-16-26(33)32-18-21-8-4-2-5-9-21/h2-15,25,28-31,35-36H,16-20H2,1H3,(H,32,33)/t25-,28-,29-,30-,31+/m1/s1. The van der Waals surface area contributed by atoms with E-state index in [0.29, 0.717) is 12.3 Å². The number of thioether (sulfide) groups is 1. The summed E-state index contributed by atoms with van der Waals surface area (Å²) < 4.78 is 22.8. The first-order chi connectivity index (χ1) is 19.9. The van der Waals surface area contributed by atoms with Crippen LogP contribution in [0.3, 0.4) is 0 Å². The Labute approximate surface area is 243 Å². The summed E-state index contributed by atoms with van der Waals surface area (Å²) in [7, 11) is 1.58. The Morgan fingerprint density at radius 3 is 2.24 bits per heavy atom. The van der Waals surface area contributed by atoms with Crippen LogP contribution in [-0.4, -0.2) is 65.7 Å². The molecule has 0 unspecified atom stereocenters. The number of benzene rings is 3. The Balaban J connectivity index is 1.34. The molecular weight excluding hydrogens is 546 g/mol. The number of ether oxygens (including phenoxy) is 4. The van der Waals surface area contributed by atoms with E-state index in [9.17, 15) is 19.8 Å². The van der Waals surface area contributed by atoms with E-state index < -0.39 is 35.8 Å². The van der Waals surface area contributed by atoms with Crippen molar-refractivity contribution in [2.45, 2.75) is 60.7 Å². The summed E-state index contributed by atoms with van der Waals surface area (Å²) in [5.74, 6) is -0.145. The molecule has 0 radical (unpaired) electrons. The summed E-state index contributed by atoms with van der Waals surface area (Å²) in [5.41, 5.74) is 0.966. The number of rotatable bonds is 13. The van der Waals surface area contributed by atoms with Crippen molar-refractivity contribution in [1.29, 1.82) is 0 Å². The minimum Gasteiger partial charge on any atom is -0.497 e. The van der Waals surface area contributed by atoms with Crippen LogP contribution in [0.4, 0.5) is 0 Å². The lowest BCUT2D eigenvalue weighted by molar-refractivity contribution is -0.227. The van der Waals surface area contributed by atoms with E-state index >= 15 is 0 Å². The van der Waals surface area contributed by atoms with Crippen LogP contribution < -0.4 is 10.1 Å². The largest absolute Gasteiger partial charge is 0.497 e. The van der Waals surface area contributed by atoms with Gasteiger partial charge in [-0.2, -0.15) is 0 Å². The maximum atomic E-state index is 12.5. The van der Waals surface area contributed by atoms with Crippen molar-refractivity contribution in [3.05, 3.63) is 96.1 Å². The van der Waals surface area contributed by atoms with Gasteiger partial charge in [0.25, 0.3) is 0 Å². The van der Waals surface area contributed by atoms with Gasteiger partial charge in [0, 0.05) is 17.9 Å². The van der Waals surface area contributed by atoms with Gasteiger partial charge in [0.15, 0.2) is 0 Å². The fourth-order valence-electron chi connectivity index (χ4n) is 4.24. The summed E-state index contributed by atoms with van der Waals surface area (Å²) in [5, 5.41) is 24.7. The molecular formula is C31H35NO8S. The molecule has 41 heavy (non-hydrogen) atoms. The van der Waals surface area contributed by atoms with Crippen LogP contribution in [0.15, 0.2) is 89.8 Å². The number of carbonyl (C=O) groups is 2. The highest BCUT2D eigenvalue weighted by atomic mass is 32.2. The third-order valence-corrected chi connectivity index (χ3v) is 7.70. The molecule has 218 valence electrons. The van der Waals surface area contributed by atoms with Crippen molar-refractivity contribution in [1.82, 2.24) is 5.32 Å². The van der Waals surface area contributed by atoms with Gasteiger partial charge in [-0.3, -0.25) is 9.59 Å². The van der Waals surface area contributed by atoms with Crippen LogP contribution in [0.5, 0.6) is 5.75 Å². The average Bonchev–Trinajstić information content (AvgIpc) is 3.01. The molecule has 0 spiro atoms. The normalized spacial score (nSPS) is 22.1. The Hall–Kier alpha value is -3.41. The Morgan fingerprint density at radius 1 is 0.878 bits per heavy atom. The van der Waals surface area contributed by atoms with Crippen molar-refractivity contribution in [2.24, 2.45) is 0 Å². The molecule has 10 heteroatoms. The van der Waals surface area contributed by atoms with Gasteiger partial charge in [-0.15, -0.1) is 0 Å². The van der Waals surface area contributed by atoms with Crippen LogP contribution in [0.2, 0.25) is 0 Å². The molecule has 1 fully saturated rings. The fourth-order valence-corrected chi connectivity index (χ4v) is 5.32. The molecule has 0 bridgehead atoms. The lowest BCUT2D eigenvalue weighted by atomic mass is 10.00. The van der Waals surface area contributed by atoms with Gasteiger partial charge in [0.05, 0.1) is 20.1 Å². The summed E-state index contributed by atoms with van der Waals surface area (Å²) in [6.07, 6.45) is -4.51. The smallest absolute Gasteiger partial charge is 0.306 e. The number of hydrogen-bond acceptors (Lipinski definition) is 9. The second-order valence-corrected chi connectivity index (χ2v) is 10.7. The van der Waals surface area contributed by atoms with E-state index in [-0.39, 0.29) is 32.0 Å². The SMILES string of the molecule is COc1ccc(CO[C@H]2[C@H](O)[C@@H](O)[C@H](Sc3ccccc3)O[C@@H]2COC(=O)CCC(=O)NCc2ccccc2)cc1. The van der Waals surface area contributed by atoms with Crippen LogP contribution in [0.1, 0.15) is 24.0 Å². The summed E-state index contributed by atoms with van der Waals surface area (Å²) in [6, 6.07) is 26.1. The van der Waals surface area contributed by atoms with Crippen LogP contribution >= 0.6 is 11.8 Å². The Morgan fingerprint density at radius 2 is 1.56 bits per heavy atom. The number of nitrogens with one attached hydrogen (secondary N) is 1. The van der Waals surface area contributed by atoms with Crippen LogP contribution in [0, 0.1) is 0 Å². The summed E-state index contributed by atoms with van der Waals surface area (Å²) in [6.45, 7) is 0.288. The van der Waals surface area contributed by atoms with Gasteiger partial charge in [-0.05, 0) is 35.4 Å². The molecule has 3 aromatic carbocycles. The first kappa shape index (κ1) is 30.5. The van der Waals surface area contributed by atoms with Crippen LogP contribution in [0.25, 0.3) is 0 Å². The molecule has 0 saturated carbocycles. The number of aliphatic hydroxyl groups excluding tert-OH is 2. The van der Waals surface area contributed by atoms with Gasteiger partial charge in [-0.1, -0.05) is 72.4 Å². The summed E-state index contributed by atoms with van der Waals surface area (Å²) in [4.78, 5) is 25.5. The molecule has 1 amide bonds. The van der Waals surface area contributed by atoms with E-state index in [1.165, 1.54) is 11.8 Å². The van der Waals surface area contributed by atoms with Crippen molar-refractivity contribution in [3.8, 4) is 5.75 Å². The minimum absolute atomic E-state index is 0.0254. The third-order valence-electron chi connectivity index (χ3n) is 6.53. The molecule has 1 saturated heterocycles. The maximum absolute atomic E-state index is 12.5. The zero-order valence-corrected chi connectivity index (χ0v) is 23.6. The Kier molecular flexibility index (Phi) is 11.6. The first-order valence-corrected chi connectivity index (χ1v) is 14.2. The third kappa shape index (κ3) is 9.31. The van der Waals surface area contributed by atoms with E-state index in [4.69, 9.17) is 18.9 Å². The average molecular weight is 582 g/mol. The molecule has 5 atom stereocenters. The summed E-state index contributed by atoms with van der Waals surface area (Å²) >= 11 is 1.26. The second-order valence-electron chi connectivity index (χ2n) is 9.52. The highest BCUT2D eigenvalue weighted by Crippen LogP contribution is 2.34. The van der Waals surface area contributed by atoms with E-state index in [1.807, 2.05) is 72.8 Å². The number of aliphatic hydroxyl groups is 2. The molecule has 1 aliphatic heterocycles. The molecule has 1 aliphatic rings. The highest BCUT2D eigenvalue weighted by Gasteiger charge is 2.46. The lowest BCUT2D eigenvalue weighted by Gasteiger charge is -2.42. The molecule has 0 aromatic heterocycles. The predicted octanol–water partition coefficient (Wildman–Crippen LogP) is 3.46. The zero-order valence-electron chi connectivity index (χ0n) is 22.8. The number of esters is 1. The van der Waals surface area contributed by atoms with Crippen molar-refractivity contribution in [2.75, 3.05) is 13.7 Å². The molecule has 3 N–H and O–H groups in total. The van der Waals surface area contributed by atoms with Crippen LogP contribution in [-0.2, 0) is 37.0 Å². The first-order valence-electron chi connectivity index (χ1n) is 13.4. The van der Waals surface area contributed by atoms with Gasteiger partial charge in [0.1, 0.15) is 42.2 Å². The zero-order chi connectivity index (χ0) is 29.0. The predicted molar refractivity (Wildman–Crippen MR) is 153 cm³/mol. The van der Waals surface area contributed by atoms with E-state index in [0.717, 1.165) is 16.0 Å². The quantitative estimate of drug-likeness (QED) is 0.261. The van der Waals surface area contributed by atoms with Crippen molar-refractivity contribution < 1.29 is 38.7 Å². The van der Waals surface area contributed by atoms with Gasteiger partial charge in [0.2, 0.25) is 5.91 Å². The van der Waals surface area contributed by atoms with Crippen molar-refractivity contribution in [3.63, 3.8) is 0 Å². The van der Waals surface area contributed by atoms with Gasteiger partial charge >= 0.3 is 5.97 Å². The number of carbonyl (C=O) groups excluding carboxylic acids is 2. The number of amides is 1. The molecule has 0 aliphatic carbocycles. The fraction of sp³-hybridized carbons (Fsp3) is 0.355. The highest BCUT2D eigenvalue weighted by molar-refractivity contribution is 7.99. The number of hydrogen-bond donors (Lipinski definition) is 3. The van der Waals surface area contributed by atoms with Gasteiger partial charge in [-0.25, -0.2) is 0 Å². The van der Waals surface area contributed by atoms with Gasteiger partial charge < -0.3 is 34.5 Å². The minimum atomic E-state index is -1.30. The molecule has 4 rings (SSSR count). The molecule has 1 heterocycles. The monoisotopic (exact) mass is 581 g/mol. The maximum Gasteiger partial charge on any atom is 0.306 e.